The first kappa shape index (κ1) is 20.2. The highest BCUT2D eigenvalue weighted by Gasteiger charge is 2.09. The Balaban J connectivity index is 0. The van der Waals surface area contributed by atoms with Gasteiger partial charge in [-0.2, -0.15) is 8.42 Å². The zero-order valence-electron chi connectivity index (χ0n) is 12.2. The molecule has 0 aromatic heterocycles. The Morgan fingerprint density at radius 2 is 1.28 bits per heavy atom. The highest BCUT2D eigenvalue weighted by Crippen LogP contribution is 2.07. The molecule has 0 unspecified atom stereocenters. The van der Waals surface area contributed by atoms with Gasteiger partial charge in [0, 0.05) is 0 Å². The smallest absolute Gasteiger partial charge is 0.329 e. The van der Waals surface area contributed by atoms with Gasteiger partial charge in [-0.3, -0.25) is 9.11 Å². The minimum atomic E-state index is -4.67. The van der Waals surface area contributed by atoms with Crippen molar-refractivity contribution in [3.8, 4) is 0 Å². The third-order valence-electron chi connectivity index (χ3n) is 2.97. The zero-order chi connectivity index (χ0) is 14.7. The minimum Gasteiger partial charge on any atom is -0.329 e. The topological polar surface area (TPSA) is 74.6 Å². The van der Waals surface area contributed by atoms with E-state index in [1.54, 1.807) is 0 Å². The van der Waals surface area contributed by atoms with E-state index in [1.165, 1.54) is 56.1 Å². The molecule has 0 saturated heterocycles. The normalized spacial score (nSPS) is 11.9. The largest absolute Gasteiger partial charge is 0.394 e. The van der Waals surface area contributed by atoms with Crippen molar-refractivity contribution >= 4 is 10.4 Å². The molecule has 0 atom stereocenters. The molecule has 0 amide bonds. The molecular weight excluding hydrogens is 254 g/mol. The summed E-state index contributed by atoms with van der Waals surface area (Å²) >= 11 is 0. The molecule has 0 aromatic carbocycles. The lowest BCUT2D eigenvalue weighted by Crippen LogP contribution is -2.39. The molecule has 0 rings (SSSR count). The molecule has 0 fully saturated rings. The first-order valence-corrected chi connectivity index (χ1v) is 8.04. The lowest BCUT2D eigenvalue weighted by atomic mass is 10.1. The summed E-state index contributed by atoms with van der Waals surface area (Å²) in [6.45, 7) is 7.16. The van der Waals surface area contributed by atoms with Crippen LogP contribution in [0.5, 0.6) is 0 Å². The molecule has 0 aliphatic heterocycles. The molecule has 112 valence electrons. The number of rotatable bonds is 8. The third-order valence-corrected chi connectivity index (χ3v) is 2.97. The predicted molar refractivity (Wildman–Crippen MR) is 75.1 cm³/mol. The van der Waals surface area contributed by atoms with Crippen molar-refractivity contribution in [1.82, 2.24) is 0 Å². The van der Waals surface area contributed by atoms with Crippen LogP contribution in [-0.2, 0) is 10.4 Å². The third kappa shape index (κ3) is 24.9. The van der Waals surface area contributed by atoms with Crippen LogP contribution in [0.2, 0.25) is 0 Å². The zero-order valence-corrected chi connectivity index (χ0v) is 13.0. The Hall–Kier alpha value is -0.170. The van der Waals surface area contributed by atoms with Crippen LogP contribution in [0, 0.1) is 0 Å². The van der Waals surface area contributed by atoms with Gasteiger partial charge in [0.2, 0.25) is 0 Å². The van der Waals surface area contributed by atoms with E-state index >= 15 is 0 Å². The van der Waals surface area contributed by atoms with Gasteiger partial charge < -0.3 is 4.48 Å². The summed E-state index contributed by atoms with van der Waals surface area (Å²) in [5.41, 5.74) is 0. The summed E-state index contributed by atoms with van der Waals surface area (Å²) in [6.07, 6.45) is 8.50. The molecule has 0 spiro atoms. The van der Waals surface area contributed by atoms with Gasteiger partial charge >= 0.3 is 10.4 Å². The Labute approximate surface area is 112 Å². The van der Waals surface area contributed by atoms with Crippen LogP contribution in [0.15, 0.2) is 0 Å². The van der Waals surface area contributed by atoms with E-state index in [4.69, 9.17) is 17.5 Å². The van der Waals surface area contributed by atoms with E-state index in [2.05, 4.69) is 27.9 Å². The number of unbranched alkanes of at least 4 members (excludes halogenated alkanes) is 5. The second-order valence-corrected chi connectivity index (χ2v) is 6.09. The summed E-state index contributed by atoms with van der Waals surface area (Å²) in [6, 6.07) is 0. The van der Waals surface area contributed by atoms with Crippen molar-refractivity contribution in [2.45, 2.75) is 52.4 Å². The van der Waals surface area contributed by atoms with E-state index in [-0.39, 0.29) is 0 Å². The maximum absolute atomic E-state index is 8.74. The maximum atomic E-state index is 8.74. The summed E-state index contributed by atoms with van der Waals surface area (Å²) in [5, 5.41) is 0. The summed E-state index contributed by atoms with van der Waals surface area (Å²) < 4.78 is 32.8. The van der Waals surface area contributed by atoms with Crippen molar-refractivity contribution in [3.63, 3.8) is 0 Å². The predicted octanol–water partition coefficient (Wildman–Crippen LogP) is 2.79. The summed E-state index contributed by atoms with van der Waals surface area (Å²) in [5.74, 6) is 0. The molecular formula is C12H30NO4S+. The fraction of sp³-hybridized carbons (Fsp3) is 1.00. The standard InChI is InChI=1S/C12H28N.H2O4S/c1-5-7-8-9-10-11-12-13(3,4)6-2;1-5(2,3)4/h5-12H2,1-4H3;(H2,1,2,3,4)/q+1;. The van der Waals surface area contributed by atoms with Crippen LogP contribution in [0.3, 0.4) is 0 Å². The molecule has 5 nitrogen and oxygen atoms in total. The molecule has 6 heteroatoms. The van der Waals surface area contributed by atoms with Gasteiger partial charge in [0.25, 0.3) is 0 Å². The minimum absolute atomic E-state index is 1.19. The number of nitrogens with zero attached hydrogens (tertiary/aromatic N) is 1. The van der Waals surface area contributed by atoms with E-state index in [0.717, 1.165) is 0 Å². The molecule has 0 aromatic rings. The van der Waals surface area contributed by atoms with Crippen LogP contribution < -0.4 is 0 Å². The van der Waals surface area contributed by atoms with Crippen LogP contribution in [0.4, 0.5) is 0 Å². The summed E-state index contributed by atoms with van der Waals surface area (Å²) in [7, 11) is -0.0158. The molecule has 2 N–H and O–H groups in total. The van der Waals surface area contributed by atoms with E-state index < -0.39 is 10.4 Å². The highest BCUT2D eigenvalue weighted by atomic mass is 32.3. The lowest BCUT2D eigenvalue weighted by Gasteiger charge is -2.28. The maximum Gasteiger partial charge on any atom is 0.394 e. The first-order chi connectivity index (χ1) is 8.12. The van der Waals surface area contributed by atoms with Crippen LogP contribution in [0.25, 0.3) is 0 Å². The number of hydrogen-bond acceptors (Lipinski definition) is 2. The second-order valence-electron chi connectivity index (χ2n) is 5.19. The fourth-order valence-corrected chi connectivity index (χ4v) is 1.48. The molecule has 0 bridgehead atoms. The first-order valence-electron chi connectivity index (χ1n) is 6.64. The van der Waals surface area contributed by atoms with E-state index in [9.17, 15) is 0 Å². The van der Waals surface area contributed by atoms with Crippen molar-refractivity contribution in [3.05, 3.63) is 0 Å². The van der Waals surface area contributed by atoms with Crippen molar-refractivity contribution < 1.29 is 22.0 Å². The average Bonchev–Trinajstić information content (AvgIpc) is 2.21. The van der Waals surface area contributed by atoms with Gasteiger partial charge in [-0.15, -0.1) is 0 Å². The van der Waals surface area contributed by atoms with Gasteiger partial charge in [-0.05, 0) is 19.8 Å². The number of hydrogen-bond donors (Lipinski definition) is 2. The Morgan fingerprint density at radius 3 is 1.67 bits per heavy atom. The van der Waals surface area contributed by atoms with Crippen molar-refractivity contribution in [1.29, 1.82) is 0 Å². The van der Waals surface area contributed by atoms with Crippen molar-refractivity contribution in [2.75, 3.05) is 27.2 Å². The van der Waals surface area contributed by atoms with Crippen LogP contribution >= 0.6 is 0 Å². The second kappa shape index (κ2) is 10.7. The van der Waals surface area contributed by atoms with Gasteiger partial charge in [0.1, 0.15) is 0 Å². The quantitative estimate of drug-likeness (QED) is 0.408. The average molecular weight is 284 g/mol. The molecule has 0 saturated carbocycles. The Kier molecular flexibility index (Phi) is 12.0. The van der Waals surface area contributed by atoms with E-state index in [0.29, 0.717) is 0 Å². The van der Waals surface area contributed by atoms with Crippen LogP contribution in [-0.4, -0.2) is 49.2 Å². The fourth-order valence-electron chi connectivity index (χ4n) is 1.48. The van der Waals surface area contributed by atoms with Crippen LogP contribution in [0.1, 0.15) is 52.4 Å². The molecule has 0 aliphatic rings. The Bertz CT molecular complexity index is 268. The Morgan fingerprint density at radius 1 is 0.889 bits per heavy atom. The summed E-state index contributed by atoms with van der Waals surface area (Å²) in [4.78, 5) is 0. The molecule has 0 radical (unpaired) electrons. The lowest BCUT2D eigenvalue weighted by molar-refractivity contribution is -0.888. The van der Waals surface area contributed by atoms with Gasteiger partial charge in [0.15, 0.2) is 0 Å². The molecule has 0 heterocycles. The van der Waals surface area contributed by atoms with Gasteiger partial charge in [-0.1, -0.05) is 32.6 Å². The molecule has 0 aliphatic carbocycles. The monoisotopic (exact) mass is 284 g/mol. The van der Waals surface area contributed by atoms with Crippen molar-refractivity contribution in [2.24, 2.45) is 0 Å². The number of quaternary nitrogens is 1. The highest BCUT2D eigenvalue weighted by molar-refractivity contribution is 7.79. The molecule has 18 heavy (non-hydrogen) atoms. The van der Waals surface area contributed by atoms with Gasteiger partial charge in [-0.25, -0.2) is 0 Å². The SMILES string of the molecule is CCCCCCCC[N+](C)(C)CC.O=S(=O)(O)O. The van der Waals surface area contributed by atoms with E-state index in [1.807, 2.05) is 0 Å². The van der Waals surface area contributed by atoms with Gasteiger partial charge in [0.05, 0.1) is 27.2 Å².